The lowest BCUT2D eigenvalue weighted by molar-refractivity contribution is -0.870. The van der Waals surface area contributed by atoms with E-state index in [1.54, 1.807) is 0 Å². The minimum Gasteiger partial charge on any atom is -0.462 e. The van der Waals surface area contributed by atoms with Crippen LogP contribution in [0.15, 0.2) is 12.2 Å². The van der Waals surface area contributed by atoms with E-state index in [2.05, 4.69) is 26.0 Å². The molecule has 10 heteroatoms. The topological polar surface area (TPSA) is 108 Å². The highest BCUT2D eigenvalue weighted by molar-refractivity contribution is 7.47. The Morgan fingerprint density at radius 3 is 1.36 bits per heavy atom. The highest BCUT2D eigenvalue weighted by atomic mass is 31.2. The summed E-state index contributed by atoms with van der Waals surface area (Å²) in [5, 5.41) is 0. The first-order valence-corrected chi connectivity index (χ1v) is 24.4. The maximum atomic E-state index is 12.7. The van der Waals surface area contributed by atoms with Crippen LogP contribution in [0.3, 0.4) is 0 Å². The standard InChI is InChI=1S/C45H88NO8P/c1-6-8-10-12-14-16-18-20-22-24-25-27-29-31-33-35-37-44(47)51-41-43(42-53-55(49,50)52-40-39-46(3,4)5)54-45(48)38-36-34-32-30-28-26-23-21-19-17-15-13-11-9-7-2/h17,19,43H,6-16,18,20-42H2,1-5H3/p+1/b19-17+/t43-/m1/s1. The molecular formula is C45H89NO8P+. The van der Waals surface area contributed by atoms with Gasteiger partial charge in [-0.15, -0.1) is 0 Å². The summed E-state index contributed by atoms with van der Waals surface area (Å²) in [6.45, 7) is 4.43. The average Bonchev–Trinajstić information content (AvgIpc) is 3.13. The van der Waals surface area contributed by atoms with Crippen molar-refractivity contribution in [3.8, 4) is 0 Å². The molecule has 0 saturated heterocycles. The summed E-state index contributed by atoms with van der Waals surface area (Å²) in [4.78, 5) is 35.4. The zero-order valence-corrected chi connectivity index (χ0v) is 37.6. The van der Waals surface area contributed by atoms with Crippen LogP contribution in [0.5, 0.6) is 0 Å². The Morgan fingerprint density at radius 2 is 0.927 bits per heavy atom. The first kappa shape index (κ1) is 53.8. The number of phosphoric acid groups is 1. The molecule has 0 aromatic carbocycles. The molecule has 0 amide bonds. The number of phosphoric ester groups is 1. The van der Waals surface area contributed by atoms with E-state index in [0.717, 1.165) is 44.9 Å². The van der Waals surface area contributed by atoms with Crippen molar-refractivity contribution in [2.24, 2.45) is 0 Å². The molecule has 0 aromatic rings. The third kappa shape index (κ3) is 42.2. The van der Waals surface area contributed by atoms with Crippen LogP contribution in [-0.2, 0) is 32.7 Å². The van der Waals surface area contributed by atoms with Crippen molar-refractivity contribution in [2.75, 3.05) is 47.5 Å². The lowest BCUT2D eigenvalue weighted by atomic mass is 10.0. The maximum absolute atomic E-state index is 12.7. The van der Waals surface area contributed by atoms with Crippen molar-refractivity contribution >= 4 is 19.8 Å². The molecule has 0 rings (SSSR count). The quantitative estimate of drug-likeness (QED) is 0.0214. The SMILES string of the molecule is CCCCCC/C=C/CCCCCCCCCC(=O)O[C@H](COC(=O)CCCCCCCCCCCCCCCCCC)COP(=O)(O)OCC[N+](C)(C)C. The van der Waals surface area contributed by atoms with E-state index in [4.69, 9.17) is 18.5 Å². The van der Waals surface area contributed by atoms with Gasteiger partial charge in [0.2, 0.25) is 0 Å². The molecule has 0 heterocycles. The molecule has 1 unspecified atom stereocenters. The van der Waals surface area contributed by atoms with Crippen molar-refractivity contribution < 1.29 is 42.1 Å². The molecule has 0 spiro atoms. The first-order valence-electron chi connectivity index (χ1n) is 22.9. The van der Waals surface area contributed by atoms with Crippen LogP contribution in [-0.4, -0.2) is 74.9 Å². The molecule has 2 atom stereocenters. The largest absolute Gasteiger partial charge is 0.472 e. The first-order chi connectivity index (χ1) is 26.5. The Bertz CT molecular complexity index is 954. The number of likely N-dealkylation sites (N-methyl/N-ethyl adjacent to an activating group) is 1. The Balaban J connectivity index is 4.31. The summed E-state index contributed by atoms with van der Waals surface area (Å²) in [6.07, 6.45) is 39.6. The number of carbonyl (C=O) groups is 2. The van der Waals surface area contributed by atoms with E-state index < -0.39 is 26.5 Å². The second-order valence-corrected chi connectivity index (χ2v) is 18.2. The maximum Gasteiger partial charge on any atom is 0.472 e. The number of allylic oxidation sites excluding steroid dienone is 2. The number of nitrogens with zero attached hydrogens (tertiary/aromatic N) is 1. The van der Waals surface area contributed by atoms with Gasteiger partial charge in [0, 0.05) is 12.8 Å². The molecule has 0 bridgehead atoms. The fraction of sp³-hybridized carbons (Fsp3) is 0.911. The molecule has 0 saturated carbocycles. The molecule has 55 heavy (non-hydrogen) atoms. The van der Waals surface area contributed by atoms with E-state index >= 15 is 0 Å². The third-order valence-corrected chi connectivity index (χ3v) is 11.0. The van der Waals surface area contributed by atoms with Crippen LogP contribution in [0.25, 0.3) is 0 Å². The van der Waals surface area contributed by atoms with Crippen molar-refractivity contribution in [1.29, 1.82) is 0 Å². The minimum absolute atomic E-state index is 0.0340. The fourth-order valence-electron chi connectivity index (χ4n) is 6.42. The van der Waals surface area contributed by atoms with Gasteiger partial charge in [-0.3, -0.25) is 18.6 Å². The summed E-state index contributed by atoms with van der Waals surface area (Å²) in [6, 6.07) is 0. The second-order valence-electron chi connectivity index (χ2n) is 16.8. The smallest absolute Gasteiger partial charge is 0.462 e. The number of hydrogen-bond donors (Lipinski definition) is 1. The lowest BCUT2D eigenvalue weighted by Crippen LogP contribution is -2.37. The van der Waals surface area contributed by atoms with Crippen LogP contribution in [0.2, 0.25) is 0 Å². The van der Waals surface area contributed by atoms with Gasteiger partial charge in [0.25, 0.3) is 0 Å². The number of rotatable bonds is 42. The molecule has 326 valence electrons. The number of quaternary nitrogens is 1. The Morgan fingerprint density at radius 1 is 0.545 bits per heavy atom. The summed E-state index contributed by atoms with van der Waals surface area (Å²) < 4.78 is 34.3. The number of unbranched alkanes of at least 4 members (excludes halogenated alkanes) is 26. The van der Waals surface area contributed by atoms with Gasteiger partial charge in [-0.1, -0.05) is 174 Å². The zero-order chi connectivity index (χ0) is 40.7. The molecule has 0 aliphatic carbocycles. The number of esters is 2. The van der Waals surface area contributed by atoms with Crippen molar-refractivity contribution in [1.82, 2.24) is 0 Å². The van der Waals surface area contributed by atoms with Gasteiger partial charge in [0.05, 0.1) is 27.7 Å². The predicted molar refractivity (Wildman–Crippen MR) is 229 cm³/mol. The van der Waals surface area contributed by atoms with Crippen molar-refractivity contribution in [3.05, 3.63) is 12.2 Å². The normalized spacial score (nSPS) is 13.6. The van der Waals surface area contributed by atoms with Gasteiger partial charge >= 0.3 is 19.8 Å². The van der Waals surface area contributed by atoms with Crippen LogP contribution in [0.4, 0.5) is 0 Å². The van der Waals surface area contributed by atoms with Crippen LogP contribution < -0.4 is 0 Å². The van der Waals surface area contributed by atoms with Crippen LogP contribution in [0, 0.1) is 0 Å². The van der Waals surface area contributed by atoms with Gasteiger partial charge < -0.3 is 18.9 Å². The second kappa shape index (κ2) is 38.3. The van der Waals surface area contributed by atoms with E-state index in [0.29, 0.717) is 23.9 Å². The zero-order valence-electron chi connectivity index (χ0n) is 36.7. The molecule has 1 N–H and O–H groups in total. The van der Waals surface area contributed by atoms with Crippen molar-refractivity contribution in [3.63, 3.8) is 0 Å². The van der Waals surface area contributed by atoms with Gasteiger partial charge in [-0.05, 0) is 38.5 Å². The monoisotopic (exact) mass is 803 g/mol. The summed E-state index contributed by atoms with van der Waals surface area (Å²) in [7, 11) is 1.48. The van der Waals surface area contributed by atoms with E-state index in [1.807, 2.05) is 21.1 Å². The molecule has 0 aromatic heterocycles. The number of ether oxygens (including phenoxy) is 2. The highest BCUT2D eigenvalue weighted by Crippen LogP contribution is 2.43. The highest BCUT2D eigenvalue weighted by Gasteiger charge is 2.27. The number of hydrogen-bond acceptors (Lipinski definition) is 7. The summed E-state index contributed by atoms with van der Waals surface area (Å²) >= 11 is 0. The van der Waals surface area contributed by atoms with Gasteiger partial charge in [-0.2, -0.15) is 0 Å². The fourth-order valence-corrected chi connectivity index (χ4v) is 7.16. The average molecular weight is 803 g/mol. The lowest BCUT2D eigenvalue weighted by Gasteiger charge is -2.24. The summed E-state index contributed by atoms with van der Waals surface area (Å²) in [5.41, 5.74) is 0. The molecule has 9 nitrogen and oxygen atoms in total. The molecule has 0 aliphatic heterocycles. The van der Waals surface area contributed by atoms with Gasteiger partial charge in [-0.25, -0.2) is 4.57 Å². The van der Waals surface area contributed by atoms with E-state index in [9.17, 15) is 19.0 Å². The molecule has 0 fully saturated rings. The Kier molecular flexibility index (Phi) is 37.4. The number of carbonyl (C=O) groups excluding carboxylic acids is 2. The van der Waals surface area contributed by atoms with Crippen LogP contribution >= 0.6 is 7.82 Å². The summed E-state index contributed by atoms with van der Waals surface area (Å²) in [5.74, 6) is -0.793. The molecule has 0 radical (unpaired) electrons. The van der Waals surface area contributed by atoms with Crippen LogP contribution in [0.1, 0.15) is 213 Å². The predicted octanol–water partition coefficient (Wildman–Crippen LogP) is 13.0. The van der Waals surface area contributed by atoms with Gasteiger partial charge in [0.1, 0.15) is 19.8 Å². The van der Waals surface area contributed by atoms with Crippen molar-refractivity contribution in [2.45, 2.75) is 219 Å². The molecular weight excluding hydrogens is 713 g/mol. The Hall–Kier alpha value is -1.25. The molecule has 0 aliphatic rings. The van der Waals surface area contributed by atoms with Gasteiger partial charge in [0.15, 0.2) is 6.10 Å². The third-order valence-electron chi connectivity index (χ3n) is 10.0. The Labute approximate surface area is 339 Å². The van der Waals surface area contributed by atoms with E-state index in [-0.39, 0.29) is 25.6 Å². The minimum atomic E-state index is -4.37. The van der Waals surface area contributed by atoms with E-state index in [1.165, 1.54) is 135 Å².